The first-order valence-electron chi connectivity index (χ1n) is 4.31. The van der Waals surface area contributed by atoms with E-state index < -0.39 is 0 Å². The molecule has 15 heavy (non-hydrogen) atoms. The van der Waals surface area contributed by atoms with Crippen molar-refractivity contribution in [3.05, 3.63) is 10.8 Å². The van der Waals surface area contributed by atoms with Gasteiger partial charge in [0.25, 0.3) is 0 Å². The van der Waals surface area contributed by atoms with Gasteiger partial charge in [-0.3, -0.25) is 0 Å². The van der Waals surface area contributed by atoms with Crippen molar-refractivity contribution in [3.8, 4) is 0 Å². The number of nitrogens with two attached hydrogens (primary N) is 1. The van der Waals surface area contributed by atoms with Crippen LogP contribution in [-0.2, 0) is 12.2 Å². The maximum atomic E-state index is 5.48. The fraction of sp³-hybridized carbons (Fsp3) is 0.429. The van der Waals surface area contributed by atoms with Crippen LogP contribution in [0.2, 0.25) is 0 Å². The number of aryl methyl sites for hydroxylation is 1. The monoisotopic (exact) mass is 259 g/mol. The number of anilines is 1. The van der Waals surface area contributed by atoms with Gasteiger partial charge in [0.15, 0.2) is 4.34 Å². The topological polar surface area (TPSA) is 77.6 Å². The van der Waals surface area contributed by atoms with Crippen LogP contribution in [0.4, 0.5) is 5.13 Å². The summed E-state index contributed by atoms with van der Waals surface area (Å²) < 4.78 is 5.18. The second-order valence-corrected chi connectivity index (χ2v) is 5.72. The number of thioether (sulfide) groups is 1. The molecule has 0 bridgehead atoms. The Morgan fingerprint density at radius 3 is 2.87 bits per heavy atom. The van der Waals surface area contributed by atoms with Gasteiger partial charge < -0.3 is 5.73 Å². The van der Waals surface area contributed by atoms with Crippen LogP contribution in [0.25, 0.3) is 0 Å². The first-order chi connectivity index (χ1) is 7.28. The van der Waals surface area contributed by atoms with E-state index in [1.165, 1.54) is 22.9 Å². The maximum Gasteiger partial charge on any atom is 0.203 e. The van der Waals surface area contributed by atoms with E-state index >= 15 is 0 Å². The van der Waals surface area contributed by atoms with E-state index in [1.54, 1.807) is 11.8 Å². The van der Waals surface area contributed by atoms with E-state index in [0.717, 1.165) is 27.3 Å². The molecule has 0 unspecified atom stereocenters. The highest BCUT2D eigenvalue weighted by atomic mass is 32.2. The summed E-state index contributed by atoms with van der Waals surface area (Å²) in [7, 11) is 0. The molecule has 0 aromatic carbocycles. The Hall–Kier alpha value is -0.730. The van der Waals surface area contributed by atoms with Crippen LogP contribution < -0.4 is 5.73 Å². The van der Waals surface area contributed by atoms with E-state index in [9.17, 15) is 0 Å². The molecule has 0 fully saturated rings. The van der Waals surface area contributed by atoms with Gasteiger partial charge in [0, 0.05) is 6.42 Å². The average Bonchev–Trinajstić information content (AvgIpc) is 2.83. The molecule has 0 amide bonds. The molecule has 0 saturated carbocycles. The van der Waals surface area contributed by atoms with Crippen LogP contribution in [0.1, 0.15) is 17.8 Å². The fourth-order valence-electron chi connectivity index (χ4n) is 0.889. The second-order valence-electron chi connectivity index (χ2n) is 2.65. The first kappa shape index (κ1) is 10.8. The average molecular weight is 259 g/mol. The first-order valence-corrected chi connectivity index (χ1v) is 6.88. The molecule has 0 spiro atoms. The maximum absolute atomic E-state index is 5.48. The van der Waals surface area contributed by atoms with Gasteiger partial charge in [-0.1, -0.05) is 30.0 Å². The van der Waals surface area contributed by atoms with E-state index in [2.05, 4.69) is 19.6 Å². The molecule has 2 rings (SSSR count). The van der Waals surface area contributed by atoms with Crippen molar-refractivity contribution >= 4 is 39.8 Å². The minimum absolute atomic E-state index is 0.511. The highest BCUT2D eigenvalue weighted by Gasteiger charge is 2.06. The summed E-state index contributed by atoms with van der Waals surface area (Å²) in [5, 5.41) is 9.12. The second kappa shape index (κ2) is 4.86. The molecule has 80 valence electrons. The summed E-state index contributed by atoms with van der Waals surface area (Å²) in [6.45, 7) is 2.04. The predicted molar refractivity (Wildman–Crippen MR) is 63.2 cm³/mol. The third-order valence-electron chi connectivity index (χ3n) is 1.57. The molecular weight excluding hydrogens is 250 g/mol. The summed E-state index contributed by atoms with van der Waals surface area (Å²) in [4.78, 5) is 4.35. The van der Waals surface area contributed by atoms with E-state index in [-0.39, 0.29) is 0 Å². The summed E-state index contributed by atoms with van der Waals surface area (Å²) in [6, 6.07) is 0. The Bertz CT molecular complexity index is 437. The lowest BCUT2D eigenvalue weighted by atomic mass is 10.5. The molecule has 0 aliphatic rings. The lowest BCUT2D eigenvalue weighted by Gasteiger charge is -1.89. The van der Waals surface area contributed by atoms with Crippen molar-refractivity contribution in [2.45, 2.75) is 23.4 Å². The van der Waals surface area contributed by atoms with Gasteiger partial charge in [0.1, 0.15) is 10.8 Å². The van der Waals surface area contributed by atoms with Crippen molar-refractivity contribution in [1.29, 1.82) is 0 Å². The SMILES string of the molecule is CCc1nsc(SCc2nnc(N)s2)n1. The van der Waals surface area contributed by atoms with E-state index in [0.29, 0.717) is 5.13 Å². The number of hydrogen-bond donors (Lipinski definition) is 1. The zero-order valence-electron chi connectivity index (χ0n) is 8.01. The molecule has 2 aromatic rings. The predicted octanol–water partition coefficient (Wildman–Crippen LogP) is 1.83. The van der Waals surface area contributed by atoms with Crippen LogP contribution in [0, 0.1) is 0 Å². The minimum atomic E-state index is 0.511. The molecule has 0 aliphatic heterocycles. The molecular formula is C7H9N5S3. The van der Waals surface area contributed by atoms with Crippen LogP contribution in [0.15, 0.2) is 4.34 Å². The normalized spacial score (nSPS) is 10.7. The van der Waals surface area contributed by atoms with Crippen molar-refractivity contribution < 1.29 is 0 Å². The quantitative estimate of drug-likeness (QED) is 0.844. The van der Waals surface area contributed by atoms with Crippen LogP contribution in [0.3, 0.4) is 0 Å². The Morgan fingerprint density at radius 2 is 2.27 bits per heavy atom. The van der Waals surface area contributed by atoms with Crippen LogP contribution >= 0.6 is 34.6 Å². The number of nitrogens with zero attached hydrogens (tertiary/aromatic N) is 4. The molecule has 0 saturated heterocycles. The van der Waals surface area contributed by atoms with Gasteiger partial charge in [-0.25, -0.2) is 4.98 Å². The van der Waals surface area contributed by atoms with Gasteiger partial charge in [-0.05, 0) is 11.5 Å². The molecule has 0 aliphatic carbocycles. The summed E-state index contributed by atoms with van der Waals surface area (Å²) in [5.74, 6) is 1.66. The molecule has 2 heterocycles. The molecule has 5 nitrogen and oxygen atoms in total. The van der Waals surface area contributed by atoms with Crippen LogP contribution in [0.5, 0.6) is 0 Å². The lowest BCUT2D eigenvalue weighted by Crippen LogP contribution is -1.82. The number of nitrogen functional groups attached to an aromatic ring is 1. The van der Waals surface area contributed by atoms with Crippen LogP contribution in [-0.4, -0.2) is 19.6 Å². The number of hydrogen-bond acceptors (Lipinski definition) is 8. The van der Waals surface area contributed by atoms with Gasteiger partial charge in [0.2, 0.25) is 5.13 Å². The van der Waals surface area contributed by atoms with Crippen molar-refractivity contribution in [1.82, 2.24) is 19.6 Å². The Labute approximate surface area is 99.3 Å². The standard InChI is InChI=1S/C7H9N5S3/c1-2-4-9-7(15-12-4)13-3-5-10-11-6(8)14-5/h2-3H2,1H3,(H2,8,11). The zero-order chi connectivity index (χ0) is 10.7. The summed E-state index contributed by atoms with van der Waals surface area (Å²) >= 11 is 4.46. The highest BCUT2D eigenvalue weighted by molar-refractivity contribution is 8.00. The van der Waals surface area contributed by atoms with Crippen molar-refractivity contribution in [2.24, 2.45) is 0 Å². The van der Waals surface area contributed by atoms with Crippen molar-refractivity contribution in [2.75, 3.05) is 5.73 Å². The van der Waals surface area contributed by atoms with Gasteiger partial charge in [-0.15, -0.1) is 10.2 Å². The zero-order valence-corrected chi connectivity index (χ0v) is 10.5. The third kappa shape index (κ3) is 2.86. The number of rotatable bonds is 4. The van der Waals surface area contributed by atoms with Gasteiger partial charge >= 0.3 is 0 Å². The van der Waals surface area contributed by atoms with E-state index in [1.807, 2.05) is 6.92 Å². The molecule has 2 N–H and O–H groups in total. The van der Waals surface area contributed by atoms with E-state index in [4.69, 9.17) is 5.73 Å². The number of aromatic nitrogens is 4. The highest BCUT2D eigenvalue weighted by Crippen LogP contribution is 2.26. The Balaban J connectivity index is 1.93. The Morgan fingerprint density at radius 1 is 1.40 bits per heavy atom. The summed E-state index contributed by atoms with van der Waals surface area (Å²) in [6.07, 6.45) is 0.878. The van der Waals surface area contributed by atoms with Gasteiger partial charge in [0.05, 0.1) is 5.75 Å². The van der Waals surface area contributed by atoms with Crippen molar-refractivity contribution in [3.63, 3.8) is 0 Å². The largest absolute Gasteiger partial charge is 0.374 e. The fourth-order valence-corrected chi connectivity index (χ4v) is 3.18. The molecule has 0 radical (unpaired) electrons. The molecule has 2 aromatic heterocycles. The smallest absolute Gasteiger partial charge is 0.203 e. The Kier molecular flexibility index (Phi) is 3.49. The molecule has 0 atom stereocenters. The molecule has 8 heteroatoms. The van der Waals surface area contributed by atoms with Gasteiger partial charge in [-0.2, -0.15) is 4.37 Å². The third-order valence-corrected chi connectivity index (χ3v) is 4.39. The lowest BCUT2D eigenvalue weighted by molar-refractivity contribution is 0.971. The summed E-state index contributed by atoms with van der Waals surface area (Å²) in [5.41, 5.74) is 5.48. The minimum Gasteiger partial charge on any atom is -0.374 e.